The molecular weight excluding hydrogens is 226 g/mol. The van der Waals surface area contributed by atoms with Gasteiger partial charge in [-0.15, -0.1) is 0 Å². The first-order chi connectivity index (χ1) is 7.58. The molecule has 1 unspecified atom stereocenters. The Kier molecular flexibility index (Phi) is 3.09. The van der Waals surface area contributed by atoms with Crippen molar-refractivity contribution in [2.24, 2.45) is 0 Å². The Morgan fingerprint density at radius 3 is 2.94 bits per heavy atom. The van der Waals surface area contributed by atoms with Crippen molar-refractivity contribution in [3.8, 4) is 0 Å². The van der Waals surface area contributed by atoms with Crippen molar-refractivity contribution in [1.82, 2.24) is 9.97 Å². The zero-order valence-corrected chi connectivity index (χ0v) is 10.00. The zero-order valence-electron chi connectivity index (χ0n) is 9.18. The summed E-state index contributed by atoms with van der Waals surface area (Å²) in [6.45, 7) is 2.32. The van der Waals surface area contributed by atoms with Gasteiger partial charge in [0.25, 0.3) is 0 Å². The number of anilines is 1. The Balaban J connectivity index is 1.98. The van der Waals surface area contributed by atoms with Crippen LogP contribution in [0.15, 0.2) is 12.4 Å². The monoisotopic (exact) mass is 241 g/mol. The van der Waals surface area contributed by atoms with Crippen molar-refractivity contribution < 1.29 is 8.42 Å². The van der Waals surface area contributed by atoms with Gasteiger partial charge in [-0.2, -0.15) is 0 Å². The molecule has 0 bridgehead atoms. The second-order valence-electron chi connectivity index (χ2n) is 4.06. The summed E-state index contributed by atoms with van der Waals surface area (Å²) in [5, 5.41) is 2.79. The first kappa shape index (κ1) is 11.3. The molecule has 1 fully saturated rings. The van der Waals surface area contributed by atoms with Crippen molar-refractivity contribution in [3.63, 3.8) is 0 Å². The Bertz CT molecular complexity index is 473. The van der Waals surface area contributed by atoms with E-state index in [9.17, 15) is 8.42 Å². The van der Waals surface area contributed by atoms with Gasteiger partial charge < -0.3 is 5.32 Å². The molecule has 1 aromatic heterocycles. The number of sulfone groups is 1. The van der Waals surface area contributed by atoms with Gasteiger partial charge in [-0.1, -0.05) is 0 Å². The van der Waals surface area contributed by atoms with Gasteiger partial charge in [0, 0.05) is 18.3 Å². The number of aryl methyl sites for hydroxylation is 1. The molecule has 0 amide bonds. The number of hydrogen-bond donors (Lipinski definition) is 1. The number of rotatable bonds is 3. The van der Waals surface area contributed by atoms with Crippen LogP contribution in [0.2, 0.25) is 0 Å². The maximum Gasteiger partial charge on any atom is 0.154 e. The molecule has 6 heteroatoms. The Morgan fingerprint density at radius 2 is 2.31 bits per heavy atom. The van der Waals surface area contributed by atoms with Gasteiger partial charge in [0.1, 0.15) is 12.1 Å². The fourth-order valence-corrected chi connectivity index (χ4v) is 3.62. The van der Waals surface area contributed by atoms with Gasteiger partial charge in [0.05, 0.1) is 11.0 Å². The van der Waals surface area contributed by atoms with Gasteiger partial charge in [-0.25, -0.2) is 18.4 Å². The molecule has 0 aromatic carbocycles. The van der Waals surface area contributed by atoms with Crippen molar-refractivity contribution in [2.75, 3.05) is 17.6 Å². The average Bonchev–Trinajstić information content (AvgIpc) is 2.55. The minimum Gasteiger partial charge on any atom is -0.369 e. The summed E-state index contributed by atoms with van der Waals surface area (Å²) in [5.74, 6) is 1.01. The van der Waals surface area contributed by atoms with Crippen molar-refractivity contribution in [1.29, 1.82) is 0 Å². The summed E-state index contributed by atoms with van der Waals surface area (Å²) in [4.78, 5) is 8.01. The molecule has 2 rings (SSSR count). The van der Waals surface area contributed by atoms with Crippen LogP contribution in [0, 0.1) is 6.92 Å². The quantitative estimate of drug-likeness (QED) is 0.846. The van der Waals surface area contributed by atoms with Crippen LogP contribution in [0.25, 0.3) is 0 Å². The number of aromatic nitrogens is 2. The van der Waals surface area contributed by atoms with Crippen LogP contribution in [0.5, 0.6) is 0 Å². The van der Waals surface area contributed by atoms with Gasteiger partial charge in [-0.3, -0.25) is 0 Å². The summed E-state index contributed by atoms with van der Waals surface area (Å²) < 4.78 is 23.2. The van der Waals surface area contributed by atoms with Crippen molar-refractivity contribution in [3.05, 3.63) is 18.1 Å². The van der Waals surface area contributed by atoms with Crippen LogP contribution in [0.3, 0.4) is 0 Å². The average molecular weight is 241 g/mol. The molecule has 0 radical (unpaired) electrons. The van der Waals surface area contributed by atoms with Crippen molar-refractivity contribution in [2.45, 2.75) is 25.0 Å². The fraction of sp³-hybridized carbons (Fsp3) is 0.600. The molecule has 1 aromatic rings. The molecule has 5 nitrogen and oxygen atoms in total. The molecule has 0 saturated carbocycles. The molecule has 1 saturated heterocycles. The van der Waals surface area contributed by atoms with Gasteiger partial charge in [0.15, 0.2) is 9.84 Å². The molecule has 1 aliphatic rings. The summed E-state index contributed by atoms with van der Waals surface area (Å²) >= 11 is 0. The van der Waals surface area contributed by atoms with Crippen molar-refractivity contribution >= 4 is 15.7 Å². The largest absolute Gasteiger partial charge is 0.369 e. The lowest BCUT2D eigenvalue weighted by Crippen LogP contribution is -2.25. The maximum absolute atomic E-state index is 11.6. The summed E-state index contributed by atoms with van der Waals surface area (Å²) in [6.07, 6.45) is 3.00. The highest BCUT2D eigenvalue weighted by Crippen LogP contribution is 2.20. The van der Waals surface area contributed by atoms with E-state index in [-0.39, 0.29) is 5.25 Å². The molecular formula is C10H15N3O2S. The number of nitrogens with zero attached hydrogens (tertiary/aromatic N) is 2. The lowest BCUT2D eigenvalue weighted by molar-refractivity contribution is 0.591. The van der Waals surface area contributed by atoms with Crippen LogP contribution >= 0.6 is 0 Å². The van der Waals surface area contributed by atoms with E-state index in [1.807, 2.05) is 13.0 Å². The van der Waals surface area contributed by atoms with Crippen LogP contribution in [-0.4, -0.2) is 35.9 Å². The van der Waals surface area contributed by atoms with E-state index in [4.69, 9.17) is 0 Å². The first-order valence-electron chi connectivity index (χ1n) is 5.32. The van der Waals surface area contributed by atoms with E-state index in [1.54, 1.807) is 0 Å². The second-order valence-corrected chi connectivity index (χ2v) is 6.46. The summed E-state index contributed by atoms with van der Waals surface area (Å²) in [6, 6.07) is 1.81. The van der Waals surface area contributed by atoms with Gasteiger partial charge in [0.2, 0.25) is 0 Å². The third-order valence-electron chi connectivity index (χ3n) is 2.78. The minimum atomic E-state index is -2.87. The second kappa shape index (κ2) is 4.37. The molecule has 1 atom stereocenters. The normalized spacial score (nSPS) is 23.2. The lowest BCUT2D eigenvalue weighted by atomic mass is 10.2. The van der Waals surface area contributed by atoms with E-state index >= 15 is 0 Å². The molecule has 0 aliphatic carbocycles. The predicted octanol–water partition coefficient (Wildman–Crippen LogP) is 0.774. The van der Waals surface area contributed by atoms with Gasteiger partial charge in [-0.05, 0) is 19.8 Å². The summed E-state index contributed by atoms with van der Waals surface area (Å²) in [7, 11) is -2.87. The molecule has 88 valence electrons. The Hall–Kier alpha value is -1.17. The van der Waals surface area contributed by atoms with Gasteiger partial charge >= 0.3 is 0 Å². The Labute approximate surface area is 95.2 Å². The fourth-order valence-electron chi connectivity index (χ4n) is 1.86. The third kappa shape index (κ3) is 2.49. The smallest absolute Gasteiger partial charge is 0.154 e. The topological polar surface area (TPSA) is 72.0 Å². The SMILES string of the molecule is Cc1cc(NCC2CCCS2(=O)=O)ncn1. The molecule has 0 spiro atoms. The highest BCUT2D eigenvalue weighted by atomic mass is 32.2. The minimum absolute atomic E-state index is 0.261. The van der Waals surface area contributed by atoms with Crippen LogP contribution < -0.4 is 5.32 Å². The van der Waals surface area contributed by atoms with E-state index in [0.717, 1.165) is 18.5 Å². The number of nitrogens with one attached hydrogen (secondary N) is 1. The molecule has 1 N–H and O–H groups in total. The number of hydrogen-bond acceptors (Lipinski definition) is 5. The lowest BCUT2D eigenvalue weighted by Gasteiger charge is -2.11. The standard InChI is InChI=1S/C10H15N3O2S/c1-8-5-10(13-7-12-8)11-6-9-3-2-4-16(9,14)15/h5,7,9H,2-4,6H2,1H3,(H,11,12,13). The maximum atomic E-state index is 11.6. The van der Waals surface area contributed by atoms with E-state index in [0.29, 0.717) is 18.1 Å². The Morgan fingerprint density at radius 1 is 1.50 bits per heavy atom. The highest BCUT2D eigenvalue weighted by molar-refractivity contribution is 7.92. The molecule has 1 aliphatic heterocycles. The van der Waals surface area contributed by atoms with E-state index in [1.165, 1.54) is 6.33 Å². The van der Waals surface area contributed by atoms with Crippen LogP contribution in [0.1, 0.15) is 18.5 Å². The first-order valence-corrected chi connectivity index (χ1v) is 7.03. The highest BCUT2D eigenvalue weighted by Gasteiger charge is 2.30. The molecule has 2 heterocycles. The summed E-state index contributed by atoms with van der Waals surface area (Å²) in [5.41, 5.74) is 0.867. The predicted molar refractivity (Wildman–Crippen MR) is 62.1 cm³/mol. The zero-order chi connectivity index (χ0) is 11.6. The third-order valence-corrected chi connectivity index (χ3v) is 5.05. The van der Waals surface area contributed by atoms with Crippen LogP contribution in [-0.2, 0) is 9.84 Å². The molecule has 16 heavy (non-hydrogen) atoms. The van der Waals surface area contributed by atoms with E-state index in [2.05, 4.69) is 15.3 Å². The van der Waals surface area contributed by atoms with E-state index < -0.39 is 9.84 Å². The van der Waals surface area contributed by atoms with Crippen LogP contribution in [0.4, 0.5) is 5.82 Å².